The molecule has 0 saturated carbocycles. The quantitative estimate of drug-likeness (QED) is 0.783. The number of carbonyl (C=O) groups excluding carboxylic acids is 1. The molecule has 0 fully saturated rings. The third-order valence-electron chi connectivity index (χ3n) is 2.66. The molecule has 0 unspecified atom stereocenters. The van der Waals surface area contributed by atoms with Crippen LogP contribution in [0, 0.1) is 0 Å². The highest BCUT2D eigenvalue weighted by Gasteiger charge is 2.07. The first-order valence-electron chi connectivity index (χ1n) is 6.16. The van der Waals surface area contributed by atoms with Crippen molar-refractivity contribution in [3.05, 3.63) is 57.0 Å². The van der Waals surface area contributed by atoms with Crippen molar-refractivity contribution >= 4 is 43.5 Å². The Morgan fingerprint density at radius 2 is 1.90 bits per heavy atom. The number of hydrogen-bond donors (Lipinski definition) is 2. The van der Waals surface area contributed by atoms with Gasteiger partial charge in [0.25, 0.3) is 5.91 Å². The van der Waals surface area contributed by atoms with Crippen LogP contribution in [0.4, 0.5) is 5.69 Å². The maximum Gasteiger partial charge on any atom is 0.262 e. The van der Waals surface area contributed by atoms with E-state index in [0.717, 1.165) is 8.95 Å². The van der Waals surface area contributed by atoms with Crippen LogP contribution in [0.3, 0.4) is 0 Å². The van der Waals surface area contributed by atoms with Crippen molar-refractivity contribution in [1.82, 2.24) is 0 Å². The Kier molecular flexibility index (Phi) is 5.78. The zero-order valence-corrected chi connectivity index (χ0v) is 14.1. The summed E-state index contributed by atoms with van der Waals surface area (Å²) in [5, 5.41) is 12.0. The zero-order chi connectivity index (χ0) is 15.2. The molecular formula is C15H13Br2NO3. The number of nitrogens with one attached hydrogen (secondary N) is 1. The number of ether oxygens (including phenoxy) is 1. The van der Waals surface area contributed by atoms with Gasteiger partial charge in [-0.25, -0.2) is 0 Å². The van der Waals surface area contributed by atoms with Crippen molar-refractivity contribution in [3.63, 3.8) is 0 Å². The zero-order valence-electron chi connectivity index (χ0n) is 11.0. The molecule has 0 aliphatic heterocycles. The van der Waals surface area contributed by atoms with Crippen molar-refractivity contribution < 1.29 is 14.6 Å². The number of anilines is 1. The van der Waals surface area contributed by atoms with Gasteiger partial charge in [0.05, 0.1) is 6.61 Å². The molecule has 0 atom stereocenters. The number of carbonyl (C=O) groups is 1. The second-order valence-electron chi connectivity index (χ2n) is 4.26. The number of hydrogen-bond acceptors (Lipinski definition) is 3. The lowest BCUT2D eigenvalue weighted by molar-refractivity contribution is -0.118. The van der Waals surface area contributed by atoms with Gasteiger partial charge in [0.15, 0.2) is 6.61 Å². The summed E-state index contributed by atoms with van der Waals surface area (Å²) in [4.78, 5) is 11.8. The van der Waals surface area contributed by atoms with Gasteiger partial charge in [0.2, 0.25) is 0 Å². The van der Waals surface area contributed by atoms with E-state index in [-0.39, 0.29) is 19.1 Å². The number of rotatable bonds is 5. The van der Waals surface area contributed by atoms with E-state index in [1.165, 1.54) is 0 Å². The average molecular weight is 415 g/mol. The SMILES string of the molecule is O=C(COc1ccc(Br)cc1CO)Nc1cccc(Br)c1. The van der Waals surface area contributed by atoms with Gasteiger partial charge in [-0.2, -0.15) is 0 Å². The topological polar surface area (TPSA) is 58.6 Å². The summed E-state index contributed by atoms with van der Waals surface area (Å²) in [6.07, 6.45) is 0. The summed E-state index contributed by atoms with van der Waals surface area (Å²) in [7, 11) is 0. The van der Waals surface area contributed by atoms with E-state index >= 15 is 0 Å². The second kappa shape index (κ2) is 7.59. The van der Waals surface area contributed by atoms with E-state index < -0.39 is 0 Å². The standard InChI is InChI=1S/C15H13Br2NO3/c16-11-2-1-3-13(7-11)18-15(20)9-21-14-5-4-12(17)6-10(14)8-19/h1-7,19H,8-9H2,(H,18,20). The van der Waals surface area contributed by atoms with Crippen molar-refractivity contribution in [2.45, 2.75) is 6.61 Å². The molecule has 2 aromatic rings. The highest BCUT2D eigenvalue weighted by Crippen LogP contribution is 2.23. The van der Waals surface area contributed by atoms with Gasteiger partial charge in [0.1, 0.15) is 5.75 Å². The van der Waals surface area contributed by atoms with E-state index in [2.05, 4.69) is 37.2 Å². The molecule has 6 heteroatoms. The molecule has 2 N–H and O–H groups in total. The molecule has 0 radical (unpaired) electrons. The van der Waals surface area contributed by atoms with Gasteiger partial charge in [-0.05, 0) is 36.4 Å². The van der Waals surface area contributed by atoms with Crippen LogP contribution < -0.4 is 10.1 Å². The molecular weight excluding hydrogens is 402 g/mol. The van der Waals surface area contributed by atoms with Crippen LogP contribution in [0.2, 0.25) is 0 Å². The first kappa shape index (κ1) is 16.0. The van der Waals surface area contributed by atoms with Gasteiger partial charge in [0, 0.05) is 20.2 Å². The molecule has 2 aromatic carbocycles. The lowest BCUT2D eigenvalue weighted by Gasteiger charge is -2.11. The molecule has 1 amide bonds. The monoisotopic (exact) mass is 413 g/mol. The van der Waals surface area contributed by atoms with Crippen LogP contribution in [-0.2, 0) is 11.4 Å². The molecule has 0 spiro atoms. The van der Waals surface area contributed by atoms with Crippen molar-refractivity contribution in [2.75, 3.05) is 11.9 Å². The minimum absolute atomic E-state index is 0.124. The van der Waals surface area contributed by atoms with Gasteiger partial charge in [-0.15, -0.1) is 0 Å². The Morgan fingerprint density at radius 3 is 2.62 bits per heavy atom. The predicted octanol–water partition coefficient (Wildman–Crippen LogP) is 3.72. The lowest BCUT2D eigenvalue weighted by Crippen LogP contribution is -2.20. The maximum atomic E-state index is 11.8. The maximum absolute atomic E-state index is 11.8. The first-order chi connectivity index (χ1) is 10.1. The average Bonchev–Trinajstić information content (AvgIpc) is 2.45. The van der Waals surface area contributed by atoms with E-state index in [9.17, 15) is 9.90 Å². The number of aliphatic hydroxyl groups excluding tert-OH is 1. The molecule has 2 rings (SSSR count). The third kappa shape index (κ3) is 4.84. The highest BCUT2D eigenvalue weighted by molar-refractivity contribution is 9.10. The van der Waals surface area contributed by atoms with E-state index in [1.807, 2.05) is 12.1 Å². The Balaban J connectivity index is 1.95. The Labute approximate surface area is 139 Å². The Bertz CT molecular complexity index is 647. The van der Waals surface area contributed by atoms with Crippen molar-refractivity contribution in [2.24, 2.45) is 0 Å². The molecule has 0 aliphatic rings. The summed E-state index contributed by atoms with van der Waals surface area (Å²) in [6, 6.07) is 12.6. The number of benzene rings is 2. The van der Waals surface area contributed by atoms with Gasteiger partial charge < -0.3 is 15.2 Å². The molecule has 0 bridgehead atoms. The fraction of sp³-hybridized carbons (Fsp3) is 0.133. The summed E-state index contributed by atoms with van der Waals surface area (Å²) < 4.78 is 7.17. The minimum atomic E-state index is -0.264. The summed E-state index contributed by atoms with van der Waals surface area (Å²) in [6.45, 7) is -0.275. The molecule has 0 heterocycles. The van der Waals surface area contributed by atoms with E-state index in [4.69, 9.17) is 4.74 Å². The minimum Gasteiger partial charge on any atom is -0.483 e. The molecule has 21 heavy (non-hydrogen) atoms. The third-order valence-corrected chi connectivity index (χ3v) is 3.65. The summed E-state index contributed by atoms with van der Waals surface area (Å²) in [5.41, 5.74) is 1.32. The molecule has 0 aromatic heterocycles. The largest absolute Gasteiger partial charge is 0.483 e. The smallest absolute Gasteiger partial charge is 0.262 e. The van der Waals surface area contributed by atoms with Crippen molar-refractivity contribution in [1.29, 1.82) is 0 Å². The summed E-state index contributed by atoms with van der Waals surface area (Å²) >= 11 is 6.66. The Hall–Kier alpha value is -1.37. The van der Waals surface area contributed by atoms with Crippen LogP contribution in [-0.4, -0.2) is 17.6 Å². The van der Waals surface area contributed by atoms with Crippen LogP contribution in [0.15, 0.2) is 51.4 Å². The summed E-state index contributed by atoms with van der Waals surface area (Å²) in [5.74, 6) is 0.227. The molecule has 110 valence electrons. The van der Waals surface area contributed by atoms with Crippen LogP contribution in [0.5, 0.6) is 5.75 Å². The lowest BCUT2D eigenvalue weighted by atomic mass is 10.2. The number of aliphatic hydroxyl groups is 1. The number of amides is 1. The highest BCUT2D eigenvalue weighted by atomic mass is 79.9. The fourth-order valence-corrected chi connectivity index (χ4v) is 2.53. The van der Waals surface area contributed by atoms with Gasteiger partial charge >= 0.3 is 0 Å². The molecule has 0 aliphatic carbocycles. The predicted molar refractivity (Wildman–Crippen MR) is 88.3 cm³/mol. The van der Waals surface area contributed by atoms with E-state index in [0.29, 0.717) is 17.0 Å². The van der Waals surface area contributed by atoms with Crippen LogP contribution in [0.25, 0.3) is 0 Å². The molecule has 0 saturated heterocycles. The van der Waals surface area contributed by atoms with Crippen LogP contribution in [0.1, 0.15) is 5.56 Å². The Morgan fingerprint density at radius 1 is 1.14 bits per heavy atom. The first-order valence-corrected chi connectivity index (χ1v) is 7.74. The fourth-order valence-electron chi connectivity index (χ4n) is 1.72. The molecule has 4 nitrogen and oxygen atoms in total. The normalized spacial score (nSPS) is 10.2. The van der Waals surface area contributed by atoms with Gasteiger partial charge in [-0.3, -0.25) is 4.79 Å². The van der Waals surface area contributed by atoms with E-state index in [1.54, 1.807) is 30.3 Å². The number of halogens is 2. The van der Waals surface area contributed by atoms with Crippen molar-refractivity contribution in [3.8, 4) is 5.75 Å². The van der Waals surface area contributed by atoms with Crippen LogP contribution >= 0.6 is 31.9 Å². The second-order valence-corrected chi connectivity index (χ2v) is 6.09. The van der Waals surface area contributed by atoms with Gasteiger partial charge in [-0.1, -0.05) is 37.9 Å².